The van der Waals surface area contributed by atoms with Gasteiger partial charge in [-0.15, -0.1) is 0 Å². The third kappa shape index (κ3) is 2.06. The molecule has 102 valence electrons. The average molecular weight is 325 g/mol. The van der Waals surface area contributed by atoms with Crippen molar-refractivity contribution in [1.29, 1.82) is 0 Å². The topological polar surface area (TPSA) is 35.5 Å². The molecule has 0 radical (unpaired) electrons. The highest BCUT2D eigenvalue weighted by Gasteiger charge is 2.56. The number of carbonyl (C=O) groups is 1. The third-order valence-corrected chi connectivity index (χ3v) is 5.62. The highest BCUT2D eigenvalue weighted by atomic mass is 79.9. The lowest BCUT2D eigenvalue weighted by Gasteiger charge is -2.34. The number of hydrogen-bond acceptors (Lipinski definition) is 3. The van der Waals surface area contributed by atoms with Gasteiger partial charge in [0.05, 0.1) is 17.4 Å². The molecule has 3 nitrogen and oxygen atoms in total. The molecule has 19 heavy (non-hydrogen) atoms. The van der Waals surface area contributed by atoms with Crippen molar-refractivity contribution in [3.63, 3.8) is 0 Å². The van der Waals surface area contributed by atoms with Crippen LogP contribution in [-0.2, 0) is 9.53 Å². The fourth-order valence-electron chi connectivity index (χ4n) is 3.21. The number of benzene rings is 1. The minimum absolute atomic E-state index is 0.00616. The lowest BCUT2D eigenvalue weighted by atomic mass is 9.76. The molecule has 2 fully saturated rings. The van der Waals surface area contributed by atoms with Crippen LogP contribution in [0.1, 0.15) is 37.4 Å². The highest BCUT2D eigenvalue weighted by molar-refractivity contribution is 9.10. The fourth-order valence-corrected chi connectivity index (χ4v) is 4.26. The summed E-state index contributed by atoms with van der Waals surface area (Å²) in [6.45, 7) is 0. The first-order chi connectivity index (χ1) is 9.15. The normalized spacial score (nSPS) is 33.7. The van der Waals surface area contributed by atoms with E-state index in [1.807, 2.05) is 24.3 Å². The van der Waals surface area contributed by atoms with Gasteiger partial charge in [-0.1, -0.05) is 40.9 Å². The van der Waals surface area contributed by atoms with Crippen LogP contribution in [0.3, 0.4) is 0 Å². The molecule has 1 aromatic rings. The first-order valence-corrected chi connectivity index (χ1v) is 7.48. The summed E-state index contributed by atoms with van der Waals surface area (Å²) < 4.78 is 10.6. The quantitative estimate of drug-likeness (QED) is 0.615. The number of rotatable bonds is 2. The van der Waals surface area contributed by atoms with E-state index < -0.39 is 0 Å². The predicted molar refractivity (Wildman–Crippen MR) is 75.4 cm³/mol. The van der Waals surface area contributed by atoms with Gasteiger partial charge in [0.25, 0.3) is 0 Å². The van der Waals surface area contributed by atoms with Gasteiger partial charge < -0.3 is 9.47 Å². The Morgan fingerprint density at radius 2 is 2.05 bits per heavy atom. The van der Waals surface area contributed by atoms with E-state index in [9.17, 15) is 4.79 Å². The number of carbonyl (C=O) groups excluding carboxylic acids is 1. The highest BCUT2D eigenvalue weighted by Crippen LogP contribution is 2.55. The minimum Gasteiger partial charge on any atom is -0.497 e. The lowest BCUT2D eigenvalue weighted by molar-refractivity contribution is -0.144. The molecule has 1 aromatic carbocycles. The van der Waals surface area contributed by atoms with Gasteiger partial charge >= 0.3 is 5.97 Å². The predicted octanol–water partition coefficient (Wildman–Crippen LogP) is 3.62. The summed E-state index contributed by atoms with van der Waals surface area (Å²) in [4.78, 5) is 12.0. The lowest BCUT2D eigenvalue weighted by Crippen LogP contribution is -2.36. The number of cyclic esters (lactones) is 1. The Morgan fingerprint density at radius 1 is 1.32 bits per heavy atom. The SMILES string of the molecule is COc1ccc(C2OC(=O)C3CCCCC32Br)cc1. The zero-order valence-electron chi connectivity index (χ0n) is 10.9. The molecule has 1 heterocycles. The van der Waals surface area contributed by atoms with Crippen molar-refractivity contribution < 1.29 is 14.3 Å². The number of fused-ring (bicyclic) bond motifs is 1. The van der Waals surface area contributed by atoms with Gasteiger partial charge in [0, 0.05) is 0 Å². The van der Waals surface area contributed by atoms with Crippen molar-refractivity contribution >= 4 is 21.9 Å². The number of esters is 1. The molecule has 2 aliphatic rings. The summed E-state index contributed by atoms with van der Waals surface area (Å²) in [6, 6.07) is 7.79. The maximum Gasteiger partial charge on any atom is 0.311 e. The Bertz CT molecular complexity index is 485. The Kier molecular flexibility index (Phi) is 3.29. The second kappa shape index (κ2) is 4.82. The summed E-state index contributed by atoms with van der Waals surface area (Å²) >= 11 is 3.82. The average Bonchev–Trinajstić information content (AvgIpc) is 2.71. The van der Waals surface area contributed by atoms with Gasteiger partial charge in [0.15, 0.2) is 0 Å². The Morgan fingerprint density at radius 3 is 2.74 bits per heavy atom. The molecule has 0 aromatic heterocycles. The first-order valence-electron chi connectivity index (χ1n) is 6.68. The smallest absolute Gasteiger partial charge is 0.311 e. The Labute approximate surface area is 121 Å². The second-order valence-electron chi connectivity index (χ2n) is 5.32. The van der Waals surface area contributed by atoms with E-state index >= 15 is 0 Å². The first kappa shape index (κ1) is 13.0. The number of methoxy groups -OCH3 is 1. The van der Waals surface area contributed by atoms with Gasteiger partial charge in [0.2, 0.25) is 0 Å². The molecule has 0 bridgehead atoms. The van der Waals surface area contributed by atoms with Crippen LogP contribution < -0.4 is 4.74 Å². The molecule has 1 saturated carbocycles. The van der Waals surface area contributed by atoms with Crippen LogP contribution >= 0.6 is 15.9 Å². The molecule has 4 heteroatoms. The van der Waals surface area contributed by atoms with Gasteiger partial charge in [0.1, 0.15) is 11.9 Å². The van der Waals surface area contributed by atoms with Crippen LogP contribution in [0.4, 0.5) is 0 Å². The zero-order chi connectivity index (χ0) is 13.5. The van der Waals surface area contributed by atoms with Crippen LogP contribution in [0, 0.1) is 5.92 Å². The summed E-state index contributed by atoms with van der Waals surface area (Å²) in [5.74, 6) is 0.752. The van der Waals surface area contributed by atoms with Crippen molar-refractivity contribution in [2.45, 2.75) is 36.1 Å². The molecule has 3 rings (SSSR count). The molecule has 0 spiro atoms. The van der Waals surface area contributed by atoms with E-state index in [0.29, 0.717) is 0 Å². The molecule has 1 saturated heterocycles. The zero-order valence-corrected chi connectivity index (χ0v) is 12.5. The number of halogens is 1. The van der Waals surface area contributed by atoms with Gasteiger partial charge in [-0.3, -0.25) is 4.79 Å². The van der Waals surface area contributed by atoms with Crippen molar-refractivity contribution in [1.82, 2.24) is 0 Å². The maximum atomic E-state index is 12.0. The third-order valence-electron chi connectivity index (χ3n) is 4.25. The van der Waals surface area contributed by atoms with E-state index in [2.05, 4.69) is 15.9 Å². The van der Waals surface area contributed by atoms with Crippen molar-refractivity contribution in [3.8, 4) is 5.75 Å². The van der Waals surface area contributed by atoms with Crippen LogP contribution in [0.15, 0.2) is 24.3 Å². The number of ether oxygens (including phenoxy) is 2. The summed E-state index contributed by atoms with van der Waals surface area (Å²) in [5, 5.41) is 0. The van der Waals surface area contributed by atoms with Crippen molar-refractivity contribution in [3.05, 3.63) is 29.8 Å². The molecule has 0 N–H and O–H groups in total. The van der Waals surface area contributed by atoms with E-state index in [0.717, 1.165) is 37.0 Å². The number of hydrogen-bond donors (Lipinski definition) is 0. The molecular weight excluding hydrogens is 308 g/mol. The molecule has 1 aliphatic heterocycles. The molecule has 1 aliphatic carbocycles. The summed E-state index contributed by atoms with van der Waals surface area (Å²) in [7, 11) is 1.65. The van der Waals surface area contributed by atoms with Crippen LogP contribution in [0.5, 0.6) is 5.75 Å². The van der Waals surface area contributed by atoms with E-state index in [4.69, 9.17) is 9.47 Å². The summed E-state index contributed by atoms with van der Waals surface area (Å²) in [6.07, 6.45) is 3.99. The van der Waals surface area contributed by atoms with Crippen molar-refractivity contribution in [2.24, 2.45) is 5.92 Å². The van der Waals surface area contributed by atoms with Crippen LogP contribution in [0.25, 0.3) is 0 Å². The monoisotopic (exact) mass is 324 g/mol. The summed E-state index contributed by atoms with van der Waals surface area (Å²) in [5.41, 5.74) is 1.04. The van der Waals surface area contributed by atoms with Gasteiger partial charge in [-0.05, 0) is 30.5 Å². The molecule has 3 atom stereocenters. The van der Waals surface area contributed by atoms with Crippen LogP contribution in [-0.4, -0.2) is 17.4 Å². The second-order valence-corrected chi connectivity index (χ2v) is 6.79. The molecule has 3 unspecified atom stereocenters. The minimum atomic E-state index is -0.225. The largest absolute Gasteiger partial charge is 0.497 e. The van der Waals surface area contributed by atoms with E-state index in [1.54, 1.807) is 7.11 Å². The fraction of sp³-hybridized carbons (Fsp3) is 0.533. The number of alkyl halides is 1. The molecular formula is C15H17BrO3. The molecule has 0 amide bonds. The standard InChI is InChI=1S/C15H17BrO3/c1-18-11-7-5-10(6-8-11)13-15(16)9-3-2-4-12(15)14(17)19-13/h5-8,12-13H,2-4,9H2,1H3. The van der Waals surface area contributed by atoms with Crippen molar-refractivity contribution in [2.75, 3.05) is 7.11 Å². The van der Waals surface area contributed by atoms with E-state index in [-0.39, 0.29) is 22.3 Å². The Balaban J connectivity index is 1.93. The van der Waals surface area contributed by atoms with Gasteiger partial charge in [-0.25, -0.2) is 0 Å². The van der Waals surface area contributed by atoms with Gasteiger partial charge in [-0.2, -0.15) is 0 Å². The maximum absolute atomic E-state index is 12.0. The van der Waals surface area contributed by atoms with Crippen LogP contribution in [0.2, 0.25) is 0 Å². The van der Waals surface area contributed by atoms with E-state index in [1.165, 1.54) is 0 Å². The Hall–Kier alpha value is -1.03.